The van der Waals surface area contributed by atoms with Crippen molar-refractivity contribution in [3.05, 3.63) is 23.3 Å². The molecule has 1 aliphatic carbocycles. The van der Waals surface area contributed by atoms with E-state index in [0.717, 1.165) is 6.54 Å². The van der Waals surface area contributed by atoms with E-state index in [4.69, 9.17) is 14.1 Å². The van der Waals surface area contributed by atoms with Crippen LogP contribution in [0.4, 0.5) is 0 Å². The number of nitrogens with zero attached hydrogens (tertiary/aromatic N) is 1. The molecular weight excluding hydrogens is 395 g/mol. The molecular formula is C19H23BN2O8-2. The van der Waals surface area contributed by atoms with Crippen molar-refractivity contribution < 1.29 is 38.9 Å². The molecule has 30 heavy (non-hydrogen) atoms. The predicted octanol–water partition coefficient (Wildman–Crippen LogP) is -1.81. The Balaban J connectivity index is 1.25. The number of carbonyl (C=O) groups excluding carboxylic acids is 2. The van der Waals surface area contributed by atoms with Gasteiger partial charge < -0.3 is 44.3 Å². The number of carboxylic acids is 1. The topological polar surface area (TPSA) is 141 Å². The minimum Gasteiger partial charge on any atom is -0.669 e. The quantitative estimate of drug-likeness (QED) is 0.472. The van der Waals surface area contributed by atoms with Gasteiger partial charge in [0.2, 0.25) is 5.91 Å². The largest absolute Gasteiger partial charge is 0.669 e. The lowest BCUT2D eigenvalue weighted by atomic mass is 9.68. The van der Waals surface area contributed by atoms with Gasteiger partial charge in [-0.15, -0.1) is 0 Å². The number of carboxylic acid groups (broad SMARTS) is 1. The molecule has 3 fully saturated rings. The Morgan fingerprint density at radius 3 is 2.83 bits per heavy atom. The third-order valence-corrected chi connectivity index (χ3v) is 6.34. The Morgan fingerprint density at radius 1 is 1.33 bits per heavy atom. The fourth-order valence-corrected chi connectivity index (χ4v) is 4.57. The fourth-order valence-electron chi connectivity index (χ4n) is 4.57. The second-order valence-corrected chi connectivity index (χ2v) is 8.47. The van der Waals surface area contributed by atoms with E-state index in [9.17, 15) is 24.7 Å². The van der Waals surface area contributed by atoms with Crippen LogP contribution in [0.25, 0.3) is 0 Å². The summed E-state index contributed by atoms with van der Waals surface area (Å²) in [6.45, 7) is -0.427. The molecule has 5 rings (SSSR count). The van der Waals surface area contributed by atoms with Crippen LogP contribution in [0.1, 0.15) is 34.7 Å². The molecule has 1 saturated carbocycles. The van der Waals surface area contributed by atoms with E-state index in [1.165, 1.54) is 0 Å². The van der Waals surface area contributed by atoms with Crippen LogP contribution in [0.15, 0.2) is 12.1 Å². The first-order valence-electron chi connectivity index (χ1n) is 10.3. The third kappa shape index (κ3) is 3.41. The Kier molecular flexibility index (Phi) is 4.66. The maximum atomic E-state index is 12.4. The molecule has 0 aromatic heterocycles. The minimum atomic E-state index is -3.11. The van der Waals surface area contributed by atoms with Crippen LogP contribution < -0.4 is 19.8 Å². The van der Waals surface area contributed by atoms with E-state index in [1.54, 1.807) is 17.0 Å². The SMILES string of the molecule is O=C([O-])c1c(OC2CN(C(=O)C[C@@H]3CNCCO3)C2)ccc2c1O[B-](O)(O)[C@H]1C[C@@H]21. The summed E-state index contributed by atoms with van der Waals surface area (Å²) in [5, 5.41) is 35.1. The summed E-state index contributed by atoms with van der Waals surface area (Å²) >= 11 is 0. The van der Waals surface area contributed by atoms with Gasteiger partial charge in [-0.2, -0.15) is 0 Å². The van der Waals surface area contributed by atoms with E-state index in [2.05, 4.69) is 5.32 Å². The van der Waals surface area contributed by atoms with E-state index in [0.29, 0.717) is 38.2 Å². The molecule has 3 aliphatic heterocycles. The summed E-state index contributed by atoms with van der Waals surface area (Å²) in [6.07, 6.45) is 0.314. The van der Waals surface area contributed by atoms with E-state index in [1.807, 2.05) is 0 Å². The zero-order chi connectivity index (χ0) is 21.0. The predicted molar refractivity (Wildman–Crippen MR) is 101 cm³/mol. The third-order valence-electron chi connectivity index (χ3n) is 6.34. The first-order chi connectivity index (χ1) is 14.3. The van der Waals surface area contributed by atoms with Crippen molar-refractivity contribution in [3.8, 4) is 11.5 Å². The second kappa shape index (κ2) is 7.12. The maximum Gasteiger partial charge on any atom is 0.434 e. The van der Waals surface area contributed by atoms with Gasteiger partial charge in [-0.25, -0.2) is 0 Å². The monoisotopic (exact) mass is 418 g/mol. The summed E-state index contributed by atoms with van der Waals surface area (Å²) in [4.78, 5) is 25.8. The molecule has 3 heterocycles. The number of nitrogens with one attached hydrogen (secondary N) is 1. The highest BCUT2D eigenvalue weighted by atomic mass is 16.6. The minimum absolute atomic E-state index is 0.0368. The van der Waals surface area contributed by atoms with Crippen LogP contribution >= 0.6 is 0 Å². The van der Waals surface area contributed by atoms with Crippen LogP contribution in [-0.4, -0.2) is 78.6 Å². The van der Waals surface area contributed by atoms with Crippen LogP contribution in [0, 0.1) is 0 Å². The zero-order valence-electron chi connectivity index (χ0n) is 16.3. The molecule has 0 radical (unpaired) electrons. The molecule has 1 amide bonds. The summed E-state index contributed by atoms with van der Waals surface area (Å²) in [5.74, 6) is -2.15. The van der Waals surface area contributed by atoms with Gasteiger partial charge in [0.1, 0.15) is 11.9 Å². The normalized spacial score (nSPS) is 29.1. The molecule has 0 spiro atoms. The van der Waals surface area contributed by atoms with Gasteiger partial charge >= 0.3 is 6.75 Å². The molecule has 3 N–H and O–H groups in total. The number of amides is 1. The number of morpholine rings is 1. The number of aromatic carboxylic acids is 1. The Morgan fingerprint density at radius 2 is 2.13 bits per heavy atom. The summed E-state index contributed by atoms with van der Waals surface area (Å²) in [7, 11) is 0. The fraction of sp³-hybridized carbons (Fsp3) is 0.579. The van der Waals surface area contributed by atoms with Gasteiger partial charge in [0.15, 0.2) is 0 Å². The van der Waals surface area contributed by atoms with Gasteiger partial charge in [0.25, 0.3) is 0 Å². The lowest BCUT2D eigenvalue weighted by Gasteiger charge is -2.41. The summed E-state index contributed by atoms with van der Waals surface area (Å²) in [6, 6.07) is 3.24. The molecule has 3 atom stereocenters. The average molecular weight is 418 g/mol. The average Bonchev–Trinajstić information content (AvgIpc) is 3.46. The van der Waals surface area contributed by atoms with Crippen LogP contribution in [0.2, 0.25) is 5.82 Å². The number of hydrogen-bond acceptors (Lipinski definition) is 9. The standard InChI is InChI=1S/C19H24BN2O8/c23-16(5-10-7-21-3-4-28-10)22-8-11(9-22)29-15-2-1-12-13-6-14(13)20(26,27)30-18(12)17(15)19(24)25/h1-2,10-11,13-14,21,26-27H,3-9H2,(H,24,25)/q-1/p-1/t10-,13+,14+/m1/s1. The molecule has 1 aromatic carbocycles. The lowest BCUT2D eigenvalue weighted by molar-refractivity contribution is -0.255. The van der Waals surface area contributed by atoms with Crippen molar-refractivity contribution in [2.24, 2.45) is 0 Å². The number of benzene rings is 1. The summed E-state index contributed by atoms with van der Waals surface area (Å²) in [5.41, 5.74) is 0.303. The second-order valence-electron chi connectivity index (χ2n) is 8.47. The van der Waals surface area contributed by atoms with Crippen molar-refractivity contribution in [2.75, 3.05) is 32.8 Å². The van der Waals surface area contributed by atoms with Crippen LogP contribution in [0.3, 0.4) is 0 Å². The number of hydrogen-bond donors (Lipinski definition) is 3. The highest BCUT2D eigenvalue weighted by Gasteiger charge is 2.55. The van der Waals surface area contributed by atoms with Crippen molar-refractivity contribution >= 4 is 18.6 Å². The van der Waals surface area contributed by atoms with Gasteiger partial charge in [-0.1, -0.05) is 18.3 Å². The Bertz CT molecular complexity index is 882. The van der Waals surface area contributed by atoms with Gasteiger partial charge in [0, 0.05) is 13.1 Å². The number of carbonyl (C=O) groups is 2. The van der Waals surface area contributed by atoms with E-state index >= 15 is 0 Å². The van der Waals surface area contributed by atoms with Gasteiger partial charge in [-0.3, -0.25) is 4.79 Å². The molecule has 2 saturated heterocycles. The molecule has 0 unspecified atom stereocenters. The Labute approximate surface area is 172 Å². The molecule has 11 heteroatoms. The van der Waals surface area contributed by atoms with E-state index in [-0.39, 0.29) is 47.5 Å². The number of fused-ring (bicyclic) bond motifs is 3. The smallest absolute Gasteiger partial charge is 0.434 e. The van der Waals surface area contributed by atoms with Crippen LogP contribution in [-0.2, 0) is 9.53 Å². The van der Waals surface area contributed by atoms with Crippen molar-refractivity contribution in [3.63, 3.8) is 0 Å². The van der Waals surface area contributed by atoms with Crippen molar-refractivity contribution in [1.82, 2.24) is 10.2 Å². The highest BCUT2D eigenvalue weighted by molar-refractivity contribution is 6.62. The molecule has 10 nitrogen and oxygen atoms in total. The summed E-state index contributed by atoms with van der Waals surface area (Å²) < 4.78 is 16.6. The first kappa shape index (κ1) is 19.6. The number of rotatable bonds is 5. The van der Waals surface area contributed by atoms with Crippen LogP contribution in [0.5, 0.6) is 11.5 Å². The maximum absolute atomic E-state index is 12.4. The highest BCUT2D eigenvalue weighted by Crippen LogP contribution is 2.63. The molecule has 0 bridgehead atoms. The molecule has 4 aliphatic rings. The number of ether oxygens (including phenoxy) is 2. The molecule has 162 valence electrons. The van der Waals surface area contributed by atoms with Crippen molar-refractivity contribution in [2.45, 2.75) is 36.8 Å². The van der Waals surface area contributed by atoms with Crippen molar-refractivity contribution in [1.29, 1.82) is 0 Å². The first-order valence-corrected chi connectivity index (χ1v) is 10.3. The molecule has 1 aromatic rings. The van der Waals surface area contributed by atoms with E-state index < -0.39 is 18.5 Å². The Hall–Kier alpha value is -2.34. The zero-order valence-corrected chi connectivity index (χ0v) is 16.3. The van der Waals surface area contributed by atoms with Gasteiger partial charge in [-0.05, 0) is 17.5 Å². The lowest BCUT2D eigenvalue weighted by Crippen LogP contribution is -2.57. The van der Waals surface area contributed by atoms with Gasteiger partial charge in [0.05, 0.1) is 49.5 Å². The number of likely N-dealkylation sites (tertiary alicyclic amines) is 1.